The van der Waals surface area contributed by atoms with Gasteiger partial charge < -0.3 is 9.42 Å². The predicted molar refractivity (Wildman–Crippen MR) is 114 cm³/mol. The third-order valence-electron chi connectivity index (χ3n) is 5.42. The minimum Gasteiger partial charge on any atom is -0.360 e. The molecule has 0 aliphatic carbocycles. The number of nitriles is 1. The lowest BCUT2D eigenvalue weighted by Gasteiger charge is -2.34. The predicted octanol–water partition coefficient (Wildman–Crippen LogP) is 2.78. The zero-order valence-corrected chi connectivity index (χ0v) is 18.6. The average molecular weight is 443 g/mol. The smallest absolute Gasteiger partial charge is 0.248 e. The molecule has 1 fully saturated rings. The van der Waals surface area contributed by atoms with E-state index in [-0.39, 0.29) is 23.1 Å². The molecule has 1 aromatic heterocycles. The van der Waals surface area contributed by atoms with Gasteiger partial charge in [-0.2, -0.15) is 9.57 Å². The summed E-state index contributed by atoms with van der Waals surface area (Å²) in [6.45, 7) is 8.10. The van der Waals surface area contributed by atoms with Crippen LogP contribution < -0.4 is 0 Å². The molecule has 3 rings (SSSR count). The van der Waals surface area contributed by atoms with Crippen molar-refractivity contribution >= 4 is 15.9 Å². The third kappa shape index (κ3) is 4.86. The van der Waals surface area contributed by atoms with E-state index in [4.69, 9.17) is 9.78 Å². The van der Waals surface area contributed by atoms with Gasteiger partial charge in [-0.3, -0.25) is 4.79 Å². The van der Waals surface area contributed by atoms with Crippen LogP contribution in [0.4, 0.5) is 0 Å². The minimum atomic E-state index is -3.80. The van der Waals surface area contributed by atoms with Gasteiger partial charge in [-0.1, -0.05) is 23.4 Å². The summed E-state index contributed by atoms with van der Waals surface area (Å²) < 4.78 is 32.7. The largest absolute Gasteiger partial charge is 0.360 e. The Bertz CT molecular complexity index is 1080. The fourth-order valence-corrected chi connectivity index (χ4v) is 5.70. The van der Waals surface area contributed by atoms with Gasteiger partial charge >= 0.3 is 0 Å². The molecule has 2 aromatic rings. The number of aryl methyl sites for hydroxylation is 2. The zero-order valence-electron chi connectivity index (χ0n) is 17.7. The highest BCUT2D eigenvalue weighted by Crippen LogP contribution is 2.28. The first kappa shape index (κ1) is 22.7. The number of amides is 1. The number of hydrogen-bond acceptors (Lipinski definition) is 6. The summed E-state index contributed by atoms with van der Waals surface area (Å²) >= 11 is 0. The third-order valence-corrected chi connectivity index (χ3v) is 7.53. The number of carbonyl (C=O) groups excluding carboxylic acids is 1. The van der Waals surface area contributed by atoms with Crippen LogP contribution in [0.15, 0.2) is 46.3 Å². The number of sulfonamides is 1. The van der Waals surface area contributed by atoms with Crippen LogP contribution in [0, 0.1) is 31.1 Å². The molecular formula is C22H26N4O4S. The van der Waals surface area contributed by atoms with Crippen LogP contribution >= 0.6 is 0 Å². The second-order valence-corrected chi connectivity index (χ2v) is 9.55. The Morgan fingerprint density at radius 3 is 2.68 bits per heavy atom. The molecule has 1 aliphatic rings. The topological polar surface area (TPSA) is 108 Å². The number of benzene rings is 1. The summed E-state index contributed by atoms with van der Waals surface area (Å²) in [5.41, 5.74) is 1.77. The summed E-state index contributed by atoms with van der Waals surface area (Å²) in [5.74, 6) is -0.301. The van der Waals surface area contributed by atoms with Crippen molar-refractivity contribution < 1.29 is 17.7 Å². The summed E-state index contributed by atoms with van der Waals surface area (Å²) in [6, 6.07) is 9.13. The first-order valence-electron chi connectivity index (χ1n) is 10.1. The number of aromatic nitrogens is 1. The van der Waals surface area contributed by atoms with E-state index >= 15 is 0 Å². The van der Waals surface area contributed by atoms with Crippen molar-refractivity contribution in [3.63, 3.8) is 0 Å². The molecule has 2 heterocycles. The fourth-order valence-electron chi connectivity index (χ4n) is 3.89. The highest BCUT2D eigenvalue weighted by atomic mass is 32.2. The monoisotopic (exact) mass is 442 g/mol. The second-order valence-electron chi connectivity index (χ2n) is 7.67. The van der Waals surface area contributed by atoms with Gasteiger partial charge in [-0.25, -0.2) is 8.42 Å². The Labute approximate surface area is 182 Å². The SMILES string of the molecule is C=CCN(Cc1ccc(C#N)cc1)C(=O)C1CCCN(S(=O)(=O)c2c(C)noc2C)C1. The average Bonchev–Trinajstić information content (AvgIpc) is 3.12. The first-order chi connectivity index (χ1) is 14.8. The maximum Gasteiger partial charge on any atom is 0.248 e. The lowest BCUT2D eigenvalue weighted by atomic mass is 9.97. The van der Waals surface area contributed by atoms with Crippen molar-refractivity contribution in [3.05, 3.63) is 59.5 Å². The number of carbonyl (C=O) groups is 1. The fraction of sp³-hybridized carbons (Fsp3) is 0.409. The van der Waals surface area contributed by atoms with Crippen LogP contribution in [-0.4, -0.2) is 48.3 Å². The Balaban J connectivity index is 1.77. The molecule has 164 valence electrons. The summed E-state index contributed by atoms with van der Waals surface area (Å²) in [6.07, 6.45) is 2.87. The molecule has 0 saturated carbocycles. The lowest BCUT2D eigenvalue weighted by molar-refractivity contribution is -0.136. The highest BCUT2D eigenvalue weighted by molar-refractivity contribution is 7.89. The minimum absolute atomic E-state index is 0.0844. The van der Waals surface area contributed by atoms with Gasteiger partial charge in [0.2, 0.25) is 15.9 Å². The van der Waals surface area contributed by atoms with E-state index in [2.05, 4.69) is 17.8 Å². The molecule has 1 unspecified atom stereocenters. The number of hydrogen-bond donors (Lipinski definition) is 0. The van der Waals surface area contributed by atoms with Crippen LogP contribution in [0.3, 0.4) is 0 Å². The van der Waals surface area contributed by atoms with Gasteiger partial charge in [-0.15, -0.1) is 6.58 Å². The molecule has 0 radical (unpaired) electrons. The van der Waals surface area contributed by atoms with Gasteiger partial charge in [0.25, 0.3) is 0 Å². The Hall–Kier alpha value is -2.96. The Morgan fingerprint density at radius 1 is 1.39 bits per heavy atom. The summed E-state index contributed by atoms with van der Waals surface area (Å²) in [4.78, 5) is 15.0. The molecule has 1 aromatic carbocycles. The molecule has 1 aliphatic heterocycles. The van der Waals surface area contributed by atoms with Crippen LogP contribution in [0.2, 0.25) is 0 Å². The molecule has 8 nitrogen and oxygen atoms in total. The molecule has 1 amide bonds. The quantitative estimate of drug-likeness (QED) is 0.610. The van der Waals surface area contributed by atoms with Gasteiger partial charge in [-0.05, 0) is 44.4 Å². The van der Waals surface area contributed by atoms with E-state index in [0.717, 1.165) is 5.56 Å². The van der Waals surface area contributed by atoms with Gasteiger partial charge in [0.05, 0.1) is 17.6 Å². The van der Waals surface area contributed by atoms with Crippen molar-refractivity contribution in [2.45, 2.75) is 38.1 Å². The second kappa shape index (κ2) is 9.45. The summed E-state index contributed by atoms with van der Waals surface area (Å²) in [7, 11) is -3.80. The number of rotatable bonds is 7. The summed E-state index contributed by atoms with van der Waals surface area (Å²) in [5, 5.41) is 12.7. The normalized spacial score (nSPS) is 17.1. The van der Waals surface area contributed by atoms with Crippen molar-refractivity contribution in [2.75, 3.05) is 19.6 Å². The molecule has 31 heavy (non-hydrogen) atoms. The zero-order chi connectivity index (χ0) is 22.6. The molecule has 1 saturated heterocycles. The van der Waals surface area contributed by atoms with E-state index in [1.54, 1.807) is 37.0 Å². The van der Waals surface area contributed by atoms with Gasteiger partial charge in [0, 0.05) is 26.2 Å². The first-order valence-corrected chi connectivity index (χ1v) is 11.5. The molecule has 0 N–H and O–H groups in total. The van der Waals surface area contributed by atoms with Crippen molar-refractivity contribution in [1.82, 2.24) is 14.4 Å². The standard InChI is InChI=1S/C22H26N4O4S/c1-4-11-25(14-19-9-7-18(13-23)8-10-19)22(27)20-6-5-12-26(15-20)31(28,29)21-16(2)24-30-17(21)3/h4,7-10,20H,1,5-6,11-12,14-15H2,2-3H3. The Kier molecular flexibility index (Phi) is 6.93. The molecule has 1 atom stereocenters. The maximum absolute atomic E-state index is 13.3. The Morgan fingerprint density at radius 2 is 2.10 bits per heavy atom. The van der Waals surface area contributed by atoms with Crippen molar-refractivity contribution in [2.24, 2.45) is 5.92 Å². The molecule has 0 spiro atoms. The van der Waals surface area contributed by atoms with Gasteiger partial charge in [0.15, 0.2) is 5.76 Å². The molecule has 9 heteroatoms. The maximum atomic E-state index is 13.3. The van der Waals surface area contributed by atoms with Crippen LogP contribution in [0.25, 0.3) is 0 Å². The van der Waals surface area contributed by atoms with E-state index in [1.807, 2.05) is 12.1 Å². The van der Waals surface area contributed by atoms with E-state index in [9.17, 15) is 13.2 Å². The van der Waals surface area contributed by atoms with Crippen LogP contribution in [-0.2, 0) is 21.4 Å². The van der Waals surface area contributed by atoms with Crippen LogP contribution in [0.5, 0.6) is 0 Å². The van der Waals surface area contributed by atoms with Crippen molar-refractivity contribution in [3.8, 4) is 6.07 Å². The molecular weight excluding hydrogens is 416 g/mol. The lowest BCUT2D eigenvalue weighted by Crippen LogP contribution is -2.46. The van der Waals surface area contributed by atoms with Gasteiger partial charge in [0.1, 0.15) is 10.6 Å². The van der Waals surface area contributed by atoms with Crippen LogP contribution in [0.1, 0.15) is 35.4 Å². The van der Waals surface area contributed by atoms with Crippen molar-refractivity contribution in [1.29, 1.82) is 5.26 Å². The number of nitrogens with zero attached hydrogens (tertiary/aromatic N) is 4. The van der Waals surface area contributed by atoms with E-state index < -0.39 is 15.9 Å². The number of piperidine rings is 1. The molecule has 0 bridgehead atoms. The highest BCUT2D eigenvalue weighted by Gasteiger charge is 2.37. The van der Waals surface area contributed by atoms with E-state index in [1.165, 1.54) is 4.31 Å². The van der Waals surface area contributed by atoms with E-state index in [0.29, 0.717) is 43.7 Å².